The molecule has 0 fully saturated rings. The molecule has 0 spiro atoms. The average Bonchev–Trinajstić information content (AvgIpc) is 2.59. The van der Waals surface area contributed by atoms with Gasteiger partial charge in [0.15, 0.2) is 0 Å². The zero-order valence-corrected chi connectivity index (χ0v) is 9.56. The van der Waals surface area contributed by atoms with E-state index >= 15 is 0 Å². The largest absolute Gasteiger partial charge is 0.477 e. The Hall–Kier alpha value is -0.980. The first-order valence-corrected chi connectivity index (χ1v) is 5.36. The van der Waals surface area contributed by atoms with Crippen LogP contribution in [0.25, 0.3) is 0 Å². The van der Waals surface area contributed by atoms with E-state index < -0.39 is 5.97 Å². The molecule has 0 amide bonds. The number of carboxylic acid groups (broad SMARTS) is 1. The molecule has 0 aliphatic rings. The summed E-state index contributed by atoms with van der Waals surface area (Å²) in [6, 6.07) is 0. The SMILES string of the molecule is CNCCc1nc(COC)c(C(=O)O)s1. The maximum Gasteiger partial charge on any atom is 0.347 e. The van der Waals surface area contributed by atoms with Gasteiger partial charge in [0.05, 0.1) is 17.3 Å². The Morgan fingerprint density at radius 3 is 2.93 bits per heavy atom. The lowest BCUT2D eigenvalue weighted by atomic mass is 10.3. The third-order valence-electron chi connectivity index (χ3n) is 1.81. The summed E-state index contributed by atoms with van der Waals surface area (Å²) in [5.41, 5.74) is 0.515. The van der Waals surface area contributed by atoms with Crippen molar-refractivity contribution in [3.05, 3.63) is 15.6 Å². The second-order valence-corrected chi connectivity index (χ2v) is 4.06. The van der Waals surface area contributed by atoms with Crippen LogP contribution in [0, 0.1) is 0 Å². The first-order valence-electron chi connectivity index (χ1n) is 4.54. The number of thiazole rings is 1. The van der Waals surface area contributed by atoms with Crippen LogP contribution in [0.4, 0.5) is 0 Å². The molecule has 2 N–H and O–H groups in total. The lowest BCUT2D eigenvalue weighted by Crippen LogP contribution is -2.10. The molecule has 0 saturated heterocycles. The molecule has 0 aliphatic carbocycles. The molecule has 0 atom stereocenters. The number of ether oxygens (including phenoxy) is 1. The predicted molar refractivity (Wildman–Crippen MR) is 57.4 cm³/mol. The van der Waals surface area contributed by atoms with E-state index in [1.54, 1.807) is 0 Å². The van der Waals surface area contributed by atoms with Crippen molar-refractivity contribution in [3.8, 4) is 0 Å². The molecule has 0 aliphatic heterocycles. The monoisotopic (exact) mass is 230 g/mol. The lowest BCUT2D eigenvalue weighted by Gasteiger charge is -1.95. The lowest BCUT2D eigenvalue weighted by molar-refractivity contribution is 0.0697. The van der Waals surface area contributed by atoms with Crippen LogP contribution >= 0.6 is 11.3 Å². The fraction of sp³-hybridized carbons (Fsp3) is 0.556. The first-order chi connectivity index (χ1) is 7.19. The Kier molecular flexibility index (Phi) is 4.67. The van der Waals surface area contributed by atoms with E-state index in [0.717, 1.165) is 18.0 Å². The second-order valence-electron chi connectivity index (χ2n) is 2.98. The summed E-state index contributed by atoms with van der Waals surface area (Å²) in [5.74, 6) is -0.935. The van der Waals surface area contributed by atoms with Crippen LogP contribution in [0.3, 0.4) is 0 Å². The molecule has 6 heteroatoms. The minimum absolute atomic E-state index is 0.248. The smallest absolute Gasteiger partial charge is 0.347 e. The summed E-state index contributed by atoms with van der Waals surface area (Å²) in [7, 11) is 3.38. The van der Waals surface area contributed by atoms with Gasteiger partial charge >= 0.3 is 5.97 Å². The van der Waals surface area contributed by atoms with Gasteiger partial charge in [0, 0.05) is 20.1 Å². The van der Waals surface area contributed by atoms with Gasteiger partial charge in [0.1, 0.15) is 4.88 Å². The summed E-state index contributed by atoms with van der Waals surface area (Å²) in [5, 5.41) is 12.8. The van der Waals surface area contributed by atoms with E-state index in [0.29, 0.717) is 5.69 Å². The fourth-order valence-electron chi connectivity index (χ4n) is 1.14. The standard InChI is InChI=1S/C9H14N2O3S/c1-10-4-3-7-11-6(5-14-2)8(15-7)9(12)13/h10H,3-5H2,1-2H3,(H,12,13). The normalized spacial score (nSPS) is 10.5. The molecule has 0 aromatic carbocycles. The zero-order chi connectivity index (χ0) is 11.3. The van der Waals surface area contributed by atoms with Crippen molar-refractivity contribution in [3.63, 3.8) is 0 Å². The molecular weight excluding hydrogens is 216 g/mol. The Balaban J connectivity index is 2.83. The third kappa shape index (κ3) is 3.26. The van der Waals surface area contributed by atoms with Gasteiger partial charge < -0.3 is 15.2 Å². The van der Waals surface area contributed by atoms with Crippen LogP contribution in [0.15, 0.2) is 0 Å². The van der Waals surface area contributed by atoms with Gasteiger partial charge in [-0.25, -0.2) is 9.78 Å². The van der Waals surface area contributed by atoms with Gasteiger partial charge in [-0.2, -0.15) is 0 Å². The Morgan fingerprint density at radius 2 is 2.40 bits per heavy atom. The number of carbonyl (C=O) groups is 1. The summed E-state index contributed by atoms with van der Waals surface area (Å²) in [6.45, 7) is 1.04. The highest BCUT2D eigenvalue weighted by molar-refractivity contribution is 7.13. The van der Waals surface area contributed by atoms with Gasteiger partial charge in [0.25, 0.3) is 0 Å². The number of aromatic nitrogens is 1. The predicted octanol–water partition coefficient (Wildman–Crippen LogP) is 0.750. The van der Waals surface area contributed by atoms with Gasteiger partial charge in [-0.05, 0) is 7.05 Å². The van der Waals surface area contributed by atoms with E-state index in [9.17, 15) is 4.79 Å². The number of hydrogen-bond donors (Lipinski definition) is 2. The number of nitrogens with zero attached hydrogens (tertiary/aromatic N) is 1. The number of nitrogens with one attached hydrogen (secondary N) is 1. The van der Waals surface area contributed by atoms with Crippen molar-refractivity contribution in [2.45, 2.75) is 13.0 Å². The summed E-state index contributed by atoms with van der Waals surface area (Å²) >= 11 is 1.22. The topological polar surface area (TPSA) is 71.5 Å². The fourth-order valence-corrected chi connectivity index (χ4v) is 2.05. The number of aromatic carboxylic acids is 1. The number of carboxylic acids is 1. The molecular formula is C9H14N2O3S. The summed E-state index contributed by atoms with van der Waals surface area (Å²) in [6.07, 6.45) is 0.741. The maximum atomic E-state index is 10.9. The molecule has 1 aromatic rings. The quantitative estimate of drug-likeness (QED) is 0.754. The molecule has 0 bridgehead atoms. The van der Waals surface area contributed by atoms with E-state index in [4.69, 9.17) is 9.84 Å². The molecule has 5 nitrogen and oxygen atoms in total. The van der Waals surface area contributed by atoms with Crippen molar-refractivity contribution in [2.75, 3.05) is 20.7 Å². The highest BCUT2D eigenvalue weighted by Crippen LogP contribution is 2.19. The molecule has 84 valence electrons. The Morgan fingerprint density at radius 1 is 1.67 bits per heavy atom. The third-order valence-corrected chi connectivity index (χ3v) is 2.95. The minimum atomic E-state index is -0.935. The molecule has 0 radical (unpaired) electrons. The van der Waals surface area contributed by atoms with Gasteiger partial charge in [-0.3, -0.25) is 0 Å². The minimum Gasteiger partial charge on any atom is -0.477 e. The molecule has 0 unspecified atom stereocenters. The van der Waals surface area contributed by atoms with Crippen LogP contribution in [0.1, 0.15) is 20.4 Å². The molecule has 1 aromatic heterocycles. The number of rotatable bonds is 6. The van der Waals surface area contributed by atoms with Crippen LogP contribution in [0.2, 0.25) is 0 Å². The van der Waals surface area contributed by atoms with Crippen molar-refractivity contribution in [1.29, 1.82) is 0 Å². The van der Waals surface area contributed by atoms with Gasteiger partial charge in [0.2, 0.25) is 0 Å². The van der Waals surface area contributed by atoms with Gasteiger partial charge in [-0.15, -0.1) is 11.3 Å². The summed E-state index contributed by atoms with van der Waals surface area (Å²) in [4.78, 5) is 15.4. The van der Waals surface area contributed by atoms with E-state index in [-0.39, 0.29) is 11.5 Å². The molecule has 1 rings (SSSR count). The highest BCUT2D eigenvalue weighted by Gasteiger charge is 2.16. The van der Waals surface area contributed by atoms with Crippen LogP contribution in [-0.4, -0.2) is 36.8 Å². The van der Waals surface area contributed by atoms with E-state index in [2.05, 4.69) is 10.3 Å². The van der Waals surface area contributed by atoms with Crippen molar-refractivity contribution < 1.29 is 14.6 Å². The number of methoxy groups -OCH3 is 1. The van der Waals surface area contributed by atoms with Crippen molar-refractivity contribution in [2.24, 2.45) is 0 Å². The molecule has 0 saturated carbocycles. The van der Waals surface area contributed by atoms with Crippen molar-refractivity contribution in [1.82, 2.24) is 10.3 Å². The maximum absolute atomic E-state index is 10.9. The zero-order valence-electron chi connectivity index (χ0n) is 8.74. The number of likely N-dealkylation sites (N-methyl/N-ethyl adjacent to an activating group) is 1. The Bertz CT molecular complexity index is 338. The van der Waals surface area contributed by atoms with Gasteiger partial charge in [-0.1, -0.05) is 0 Å². The van der Waals surface area contributed by atoms with E-state index in [1.807, 2.05) is 7.05 Å². The number of hydrogen-bond acceptors (Lipinski definition) is 5. The van der Waals surface area contributed by atoms with Crippen molar-refractivity contribution >= 4 is 17.3 Å². The first kappa shape index (κ1) is 12.1. The molecule has 15 heavy (non-hydrogen) atoms. The van der Waals surface area contributed by atoms with Crippen LogP contribution < -0.4 is 5.32 Å². The molecule has 1 heterocycles. The summed E-state index contributed by atoms with van der Waals surface area (Å²) < 4.78 is 4.90. The Labute approximate surface area is 92.1 Å². The van der Waals surface area contributed by atoms with Crippen LogP contribution in [0.5, 0.6) is 0 Å². The average molecular weight is 230 g/mol. The highest BCUT2D eigenvalue weighted by atomic mass is 32.1. The van der Waals surface area contributed by atoms with Crippen LogP contribution in [-0.2, 0) is 17.8 Å². The second kappa shape index (κ2) is 5.79. The van der Waals surface area contributed by atoms with E-state index in [1.165, 1.54) is 18.4 Å².